The first kappa shape index (κ1) is 16.1. The molecule has 0 aliphatic carbocycles. The number of benzene rings is 1. The predicted molar refractivity (Wildman–Crippen MR) is 87.5 cm³/mol. The second-order valence-electron chi connectivity index (χ2n) is 5.68. The highest BCUT2D eigenvalue weighted by molar-refractivity contribution is 7.09. The second-order valence-corrected chi connectivity index (χ2v) is 6.62. The van der Waals surface area contributed by atoms with Crippen LogP contribution in [0, 0.1) is 12.7 Å². The summed E-state index contributed by atoms with van der Waals surface area (Å²) < 4.78 is 14.1. The van der Waals surface area contributed by atoms with Gasteiger partial charge >= 0.3 is 0 Å². The zero-order chi connectivity index (χ0) is 15.2. The molecule has 1 aromatic carbocycles. The average Bonchev–Trinajstić information content (AvgIpc) is 2.85. The number of halogens is 1. The number of hydrogen-bond donors (Lipinski definition) is 1. The lowest BCUT2D eigenvalue weighted by molar-refractivity contribution is 0.489. The van der Waals surface area contributed by atoms with Gasteiger partial charge in [0.25, 0.3) is 0 Å². The van der Waals surface area contributed by atoms with Gasteiger partial charge in [0.15, 0.2) is 0 Å². The molecule has 1 unspecified atom stereocenters. The van der Waals surface area contributed by atoms with E-state index in [1.54, 1.807) is 23.5 Å². The lowest BCUT2D eigenvalue weighted by Gasteiger charge is -2.20. The van der Waals surface area contributed by atoms with Crippen molar-refractivity contribution in [3.8, 4) is 0 Å². The van der Waals surface area contributed by atoms with Crippen LogP contribution in [0.3, 0.4) is 0 Å². The van der Waals surface area contributed by atoms with Crippen LogP contribution in [0.1, 0.15) is 42.3 Å². The quantitative estimate of drug-likeness (QED) is 0.824. The summed E-state index contributed by atoms with van der Waals surface area (Å²) in [6.07, 6.45) is 1.89. The smallest absolute Gasteiger partial charge is 0.126 e. The van der Waals surface area contributed by atoms with Crippen molar-refractivity contribution in [1.82, 2.24) is 10.3 Å². The standard InChI is InChI=1S/C17H23FN2S/c1-12(2)19-10-14(15-6-4-5-7-16(15)18)8-9-17-13(3)20-11-21-17/h4-7,11-12,14,19H,8-10H2,1-3H3. The van der Waals surface area contributed by atoms with Crippen molar-refractivity contribution < 1.29 is 4.39 Å². The fraction of sp³-hybridized carbons (Fsp3) is 0.471. The van der Waals surface area contributed by atoms with Crippen LogP contribution in [0.15, 0.2) is 29.8 Å². The number of hydrogen-bond acceptors (Lipinski definition) is 3. The molecule has 0 aliphatic heterocycles. The Balaban J connectivity index is 2.09. The highest BCUT2D eigenvalue weighted by atomic mass is 32.1. The lowest BCUT2D eigenvalue weighted by atomic mass is 9.93. The summed E-state index contributed by atoms with van der Waals surface area (Å²) in [7, 11) is 0. The minimum absolute atomic E-state index is 0.103. The molecule has 21 heavy (non-hydrogen) atoms. The van der Waals surface area contributed by atoms with Crippen LogP contribution < -0.4 is 5.32 Å². The van der Waals surface area contributed by atoms with Gasteiger partial charge in [0.2, 0.25) is 0 Å². The van der Waals surface area contributed by atoms with Crippen LogP contribution in [-0.2, 0) is 6.42 Å². The SMILES string of the molecule is Cc1ncsc1CCC(CNC(C)C)c1ccccc1F. The van der Waals surface area contributed by atoms with E-state index in [2.05, 4.69) is 24.1 Å². The number of thiazole rings is 1. The first-order valence-electron chi connectivity index (χ1n) is 7.44. The van der Waals surface area contributed by atoms with Gasteiger partial charge in [-0.3, -0.25) is 0 Å². The molecule has 1 heterocycles. The summed E-state index contributed by atoms with van der Waals surface area (Å²) in [4.78, 5) is 5.59. The summed E-state index contributed by atoms with van der Waals surface area (Å²) in [5.41, 5.74) is 3.80. The van der Waals surface area contributed by atoms with Crippen molar-refractivity contribution in [3.05, 3.63) is 51.7 Å². The molecular weight excluding hydrogens is 283 g/mol. The first-order chi connectivity index (χ1) is 10.1. The summed E-state index contributed by atoms with van der Waals surface area (Å²) in [6.45, 7) is 7.07. The van der Waals surface area contributed by atoms with Crippen LogP contribution in [0.2, 0.25) is 0 Å². The summed E-state index contributed by atoms with van der Waals surface area (Å²) in [5, 5.41) is 3.44. The van der Waals surface area contributed by atoms with Crippen LogP contribution in [0.25, 0.3) is 0 Å². The van der Waals surface area contributed by atoms with Gasteiger partial charge in [0, 0.05) is 17.5 Å². The molecule has 0 spiro atoms. The highest BCUT2D eigenvalue weighted by Crippen LogP contribution is 2.25. The highest BCUT2D eigenvalue weighted by Gasteiger charge is 2.16. The fourth-order valence-electron chi connectivity index (χ4n) is 2.42. The summed E-state index contributed by atoms with van der Waals surface area (Å²) in [5.74, 6) is 0.0872. The molecule has 1 N–H and O–H groups in total. The third-order valence-corrected chi connectivity index (χ3v) is 4.68. The molecule has 0 bridgehead atoms. The Morgan fingerprint density at radius 1 is 1.29 bits per heavy atom. The van der Waals surface area contributed by atoms with E-state index in [-0.39, 0.29) is 11.7 Å². The third kappa shape index (κ3) is 4.61. The summed E-state index contributed by atoms with van der Waals surface area (Å²) in [6, 6.07) is 7.53. The zero-order valence-electron chi connectivity index (χ0n) is 12.9. The van der Waals surface area contributed by atoms with Gasteiger partial charge in [-0.05, 0) is 37.3 Å². The fourth-order valence-corrected chi connectivity index (χ4v) is 3.22. The van der Waals surface area contributed by atoms with Crippen molar-refractivity contribution in [2.24, 2.45) is 0 Å². The van der Waals surface area contributed by atoms with Gasteiger partial charge in [0.1, 0.15) is 5.82 Å². The zero-order valence-corrected chi connectivity index (χ0v) is 13.7. The molecule has 0 saturated heterocycles. The molecule has 2 nitrogen and oxygen atoms in total. The Bertz CT molecular complexity index is 565. The van der Waals surface area contributed by atoms with Crippen molar-refractivity contribution in [2.45, 2.75) is 45.6 Å². The van der Waals surface area contributed by atoms with Crippen molar-refractivity contribution in [2.75, 3.05) is 6.54 Å². The van der Waals surface area contributed by atoms with E-state index < -0.39 is 0 Å². The molecule has 0 fully saturated rings. The van der Waals surface area contributed by atoms with Crippen molar-refractivity contribution in [1.29, 1.82) is 0 Å². The van der Waals surface area contributed by atoms with Crippen molar-refractivity contribution >= 4 is 11.3 Å². The number of rotatable bonds is 7. The van der Waals surface area contributed by atoms with E-state index in [1.165, 1.54) is 4.88 Å². The summed E-state index contributed by atoms with van der Waals surface area (Å²) >= 11 is 1.69. The van der Waals surface area contributed by atoms with Crippen LogP contribution in [-0.4, -0.2) is 17.6 Å². The number of aromatic nitrogens is 1. The van der Waals surface area contributed by atoms with E-state index in [4.69, 9.17) is 0 Å². The topological polar surface area (TPSA) is 24.9 Å². The van der Waals surface area contributed by atoms with E-state index in [0.717, 1.165) is 30.6 Å². The maximum absolute atomic E-state index is 14.1. The van der Waals surface area contributed by atoms with Gasteiger partial charge in [-0.15, -0.1) is 11.3 Å². The van der Waals surface area contributed by atoms with E-state index in [0.29, 0.717) is 6.04 Å². The van der Waals surface area contributed by atoms with Gasteiger partial charge in [-0.25, -0.2) is 9.37 Å². The number of nitrogens with one attached hydrogen (secondary N) is 1. The normalized spacial score (nSPS) is 12.8. The molecule has 4 heteroatoms. The maximum atomic E-state index is 14.1. The average molecular weight is 306 g/mol. The van der Waals surface area contributed by atoms with Gasteiger partial charge < -0.3 is 5.32 Å². The minimum Gasteiger partial charge on any atom is -0.314 e. The van der Waals surface area contributed by atoms with Crippen LogP contribution in [0.5, 0.6) is 0 Å². The molecule has 1 aromatic heterocycles. The molecule has 114 valence electrons. The molecular formula is C17H23FN2S. The molecule has 2 aromatic rings. The first-order valence-corrected chi connectivity index (χ1v) is 8.32. The Hall–Kier alpha value is -1.26. The van der Waals surface area contributed by atoms with Gasteiger partial charge in [0.05, 0.1) is 11.2 Å². The van der Waals surface area contributed by atoms with Crippen LogP contribution in [0.4, 0.5) is 4.39 Å². The molecule has 0 amide bonds. The van der Waals surface area contributed by atoms with Crippen LogP contribution >= 0.6 is 11.3 Å². The predicted octanol–water partition coefficient (Wildman–Crippen LogP) is 4.31. The second kappa shape index (κ2) is 7.66. The van der Waals surface area contributed by atoms with E-state index in [9.17, 15) is 4.39 Å². The molecule has 2 rings (SSSR count). The minimum atomic E-state index is -0.103. The van der Waals surface area contributed by atoms with Crippen molar-refractivity contribution in [3.63, 3.8) is 0 Å². The Morgan fingerprint density at radius 2 is 2.05 bits per heavy atom. The Morgan fingerprint density at radius 3 is 2.67 bits per heavy atom. The lowest BCUT2D eigenvalue weighted by Crippen LogP contribution is -2.28. The van der Waals surface area contributed by atoms with Gasteiger partial charge in [-0.2, -0.15) is 0 Å². The number of nitrogens with zero attached hydrogens (tertiary/aromatic N) is 1. The molecule has 0 saturated carbocycles. The van der Waals surface area contributed by atoms with E-state index in [1.807, 2.05) is 24.6 Å². The van der Waals surface area contributed by atoms with Gasteiger partial charge in [-0.1, -0.05) is 32.0 Å². The largest absolute Gasteiger partial charge is 0.314 e. The maximum Gasteiger partial charge on any atom is 0.126 e. The Labute approximate surface area is 130 Å². The Kier molecular flexibility index (Phi) is 5.88. The third-order valence-electron chi connectivity index (χ3n) is 3.68. The molecule has 1 atom stereocenters. The molecule has 0 aliphatic rings. The molecule has 0 radical (unpaired) electrons. The van der Waals surface area contributed by atoms with E-state index >= 15 is 0 Å². The monoisotopic (exact) mass is 306 g/mol. The number of aryl methyl sites for hydroxylation is 2.